The van der Waals surface area contributed by atoms with Crippen LogP contribution in [0.15, 0.2) is 46.9 Å². The highest BCUT2D eigenvalue weighted by Crippen LogP contribution is 2.28. The molecule has 0 heterocycles. The SMILES string of the molecule is Cc1ccccc1C(C)Nc1ccc(F)cc1Br. The molecule has 0 aliphatic heterocycles. The monoisotopic (exact) mass is 307 g/mol. The summed E-state index contributed by atoms with van der Waals surface area (Å²) in [6, 6.07) is 13.1. The summed E-state index contributed by atoms with van der Waals surface area (Å²) in [5, 5.41) is 3.38. The van der Waals surface area contributed by atoms with Gasteiger partial charge >= 0.3 is 0 Å². The Kier molecular flexibility index (Phi) is 4.02. The fourth-order valence-electron chi connectivity index (χ4n) is 1.99. The Hall–Kier alpha value is -1.35. The van der Waals surface area contributed by atoms with Gasteiger partial charge in [0.25, 0.3) is 0 Å². The summed E-state index contributed by atoms with van der Waals surface area (Å²) in [6.07, 6.45) is 0. The third-order valence-electron chi connectivity index (χ3n) is 2.96. The summed E-state index contributed by atoms with van der Waals surface area (Å²) in [4.78, 5) is 0. The minimum absolute atomic E-state index is 0.174. The van der Waals surface area contributed by atoms with Gasteiger partial charge in [-0.05, 0) is 59.1 Å². The van der Waals surface area contributed by atoms with Gasteiger partial charge in [-0.3, -0.25) is 0 Å². The molecular weight excluding hydrogens is 293 g/mol. The largest absolute Gasteiger partial charge is 0.378 e. The zero-order chi connectivity index (χ0) is 13.1. The third kappa shape index (κ3) is 2.91. The molecule has 3 heteroatoms. The maximum atomic E-state index is 13.0. The molecule has 0 aliphatic carbocycles. The van der Waals surface area contributed by atoms with Crippen LogP contribution in [-0.2, 0) is 0 Å². The Morgan fingerprint density at radius 2 is 1.89 bits per heavy atom. The molecule has 0 saturated carbocycles. The second kappa shape index (κ2) is 5.53. The zero-order valence-electron chi connectivity index (χ0n) is 10.4. The van der Waals surface area contributed by atoms with Gasteiger partial charge in [-0.1, -0.05) is 24.3 Å². The number of anilines is 1. The van der Waals surface area contributed by atoms with Crippen molar-refractivity contribution in [2.75, 3.05) is 5.32 Å². The van der Waals surface area contributed by atoms with Crippen molar-refractivity contribution in [3.05, 3.63) is 63.9 Å². The molecule has 1 atom stereocenters. The van der Waals surface area contributed by atoms with Crippen molar-refractivity contribution in [1.82, 2.24) is 0 Å². The van der Waals surface area contributed by atoms with E-state index in [1.807, 2.05) is 12.1 Å². The second-order valence-corrected chi connectivity index (χ2v) is 5.20. The van der Waals surface area contributed by atoms with Crippen LogP contribution in [0.3, 0.4) is 0 Å². The number of rotatable bonds is 3. The molecule has 0 aromatic heterocycles. The Labute approximate surface area is 115 Å². The van der Waals surface area contributed by atoms with E-state index in [4.69, 9.17) is 0 Å². The van der Waals surface area contributed by atoms with E-state index >= 15 is 0 Å². The first-order valence-electron chi connectivity index (χ1n) is 5.85. The van der Waals surface area contributed by atoms with E-state index in [1.165, 1.54) is 23.3 Å². The van der Waals surface area contributed by atoms with Gasteiger partial charge in [0.05, 0.1) is 0 Å². The number of hydrogen-bond acceptors (Lipinski definition) is 1. The molecule has 1 unspecified atom stereocenters. The molecule has 1 N–H and O–H groups in total. The van der Waals surface area contributed by atoms with Crippen LogP contribution in [0.5, 0.6) is 0 Å². The van der Waals surface area contributed by atoms with Crippen molar-refractivity contribution in [2.45, 2.75) is 19.9 Å². The molecule has 0 radical (unpaired) electrons. The van der Waals surface area contributed by atoms with Crippen molar-refractivity contribution in [3.8, 4) is 0 Å². The highest BCUT2D eigenvalue weighted by Gasteiger charge is 2.09. The average molecular weight is 308 g/mol. The molecule has 2 rings (SSSR count). The van der Waals surface area contributed by atoms with Crippen LogP contribution in [0, 0.1) is 12.7 Å². The van der Waals surface area contributed by atoms with E-state index in [9.17, 15) is 4.39 Å². The predicted octanol–water partition coefficient (Wildman–Crippen LogP) is 5.07. The quantitative estimate of drug-likeness (QED) is 0.834. The lowest BCUT2D eigenvalue weighted by Crippen LogP contribution is -2.08. The van der Waals surface area contributed by atoms with Gasteiger partial charge in [-0.25, -0.2) is 4.39 Å². The van der Waals surface area contributed by atoms with Crippen molar-refractivity contribution >= 4 is 21.6 Å². The Morgan fingerprint density at radius 1 is 1.17 bits per heavy atom. The smallest absolute Gasteiger partial charge is 0.124 e. The van der Waals surface area contributed by atoms with Crippen molar-refractivity contribution in [3.63, 3.8) is 0 Å². The predicted molar refractivity (Wildman–Crippen MR) is 77.3 cm³/mol. The number of halogens is 2. The molecule has 0 fully saturated rings. The van der Waals surface area contributed by atoms with E-state index in [2.05, 4.69) is 47.2 Å². The van der Waals surface area contributed by atoms with Crippen LogP contribution < -0.4 is 5.32 Å². The summed E-state index contributed by atoms with van der Waals surface area (Å²) in [6.45, 7) is 4.19. The molecule has 0 amide bonds. The summed E-state index contributed by atoms with van der Waals surface area (Å²) in [5.41, 5.74) is 3.39. The van der Waals surface area contributed by atoms with Crippen molar-refractivity contribution in [2.24, 2.45) is 0 Å². The van der Waals surface area contributed by atoms with Crippen molar-refractivity contribution in [1.29, 1.82) is 0 Å². The number of aryl methyl sites for hydroxylation is 1. The minimum Gasteiger partial charge on any atom is -0.378 e. The summed E-state index contributed by atoms with van der Waals surface area (Å²) in [7, 11) is 0. The molecule has 0 bridgehead atoms. The van der Waals surface area contributed by atoms with E-state index in [0.717, 1.165) is 10.2 Å². The molecule has 0 spiro atoms. The van der Waals surface area contributed by atoms with Crippen molar-refractivity contribution < 1.29 is 4.39 Å². The van der Waals surface area contributed by atoms with Gasteiger partial charge in [0.2, 0.25) is 0 Å². The fourth-order valence-corrected chi connectivity index (χ4v) is 2.46. The highest BCUT2D eigenvalue weighted by atomic mass is 79.9. The van der Waals surface area contributed by atoms with E-state index in [0.29, 0.717) is 0 Å². The first kappa shape index (κ1) is 13.1. The Morgan fingerprint density at radius 3 is 2.56 bits per heavy atom. The van der Waals surface area contributed by atoms with Crippen LogP contribution in [0.4, 0.5) is 10.1 Å². The van der Waals surface area contributed by atoms with E-state index in [-0.39, 0.29) is 11.9 Å². The Bertz CT molecular complexity index is 554. The fraction of sp³-hybridized carbons (Fsp3) is 0.200. The zero-order valence-corrected chi connectivity index (χ0v) is 12.0. The van der Waals surface area contributed by atoms with Gasteiger partial charge in [-0.15, -0.1) is 0 Å². The first-order valence-corrected chi connectivity index (χ1v) is 6.64. The van der Waals surface area contributed by atoms with Crippen LogP contribution in [0.25, 0.3) is 0 Å². The van der Waals surface area contributed by atoms with Gasteiger partial charge < -0.3 is 5.32 Å². The van der Waals surface area contributed by atoms with Crippen LogP contribution in [0.2, 0.25) is 0 Å². The van der Waals surface area contributed by atoms with Gasteiger partial charge in [0.1, 0.15) is 5.82 Å². The molecule has 18 heavy (non-hydrogen) atoms. The van der Waals surface area contributed by atoms with Gasteiger partial charge in [-0.2, -0.15) is 0 Å². The maximum Gasteiger partial charge on any atom is 0.124 e. The maximum absolute atomic E-state index is 13.0. The van der Waals surface area contributed by atoms with Gasteiger partial charge in [0, 0.05) is 16.2 Å². The lowest BCUT2D eigenvalue weighted by molar-refractivity contribution is 0.627. The lowest BCUT2D eigenvalue weighted by atomic mass is 10.0. The van der Waals surface area contributed by atoms with Crippen LogP contribution in [0.1, 0.15) is 24.1 Å². The normalized spacial score (nSPS) is 12.2. The minimum atomic E-state index is -0.240. The molecule has 94 valence electrons. The molecular formula is C15H15BrFN. The number of nitrogens with one attached hydrogen (secondary N) is 1. The molecule has 0 aliphatic rings. The lowest BCUT2D eigenvalue weighted by Gasteiger charge is -2.18. The number of benzene rings is 2. The average Bonchev–Trinajstić information content (AvgIpc) is 2.33. The standard InChI is InChI=1S/C15H15BrFN/c1-10-5-3-4-6-13(10)11(2)18-15-8-7-12(17)9-14(15)16/h3-9,11,18H,1-2H3. The van der Waals surface area contributed by atoms with E-state index < -0.39 is 0 Å². The first-order chi connectivity index (χ1) is 8.58. The van der Waals surface area contributed by atoms with Crippen LogP contribution >= 0.6 is 15.9 Å². The summed E-state index contributed by atoms with van der Waals surface area (Å²) in [5.74, 6) is -0.240. The molecule has 0 saturated heterocycles. The summed E-state index contributed by atoms with van der Waals surface area (Å²) >= 11 is 3.36. The van der Waals surface area contributed by atoms with E-state index in [1.54, 1.807) is 6.07 Å². The molecule has 2 aromatic carbocycles. The Balaban J connectivity index is 2.21. The molecule has 2 aromatic rings. The highest BCUT2D eigenvalue weighted by molar-refractivity contribution is 9.10. The summed E-state index contributed by atoms with van der Waals surface area (Å²) < 4.78 is 13.8. The topological polar surface area (TPSA) is 12.0 Å². The van der Waals surface area contributed by atoms with Crippen LogP contribution in [-0.4, -0.2) is 0 Å². The third-order valence-corrected chi connectivity index (χ3v) is 3.61. The van der Waals surface area contributed by atoms with Gasteiger partial charge in [0.15, 0.2) is 0 Å². The molecule has 1 nitrogen and oxygen atoms in total. The number of hydrogen-bond donors (Lipinski definition) is 1. The second-order valence-electron chi connectivity index (χ2n) is 4.35.